The van der Waals surface area contributed by atoms with Gasteiger partial charge in [-0.15, -0.1) is 6.58 Å². The Labute approximate surface area is 114 Å². The molecule has 1 saturated heterocycles. The minimum atomic E-state index is -1.02. The van der Waals surface area contributed by atoms with Crippen LogP contribution in [0, 0.1) is 5.92 Å². The first kappa shape index (κ1) is 15.5. The van der Waals surface area contributed by atoms with Crippen molar-refractivity contribution in [3.05, 3.63) is 12.7 Å². The maximum atomic E-state index is 11.9. The Morgan fingerprint density at radius 1 is 1.58 bits per heavy atom. The second-order valence-corrected chi connectivity index (χ2v) is 4.80. The van der Waals surface area contributed by atoms with Crippen molar-refractivity contribution in [2.75, 3.05) is 39.3 Å². The molecule has 0 bridgehead atoms. The summed E-state index contributed by atoms with van der Waals surface area (Å²) in [5.74, 6) is -0.561. The first-order valence-electron chi connectivity index (χ1n) is 6.64. The highest BCUT2D eigenvalue weighted by molar-refractivity contribution is 5.80. The summed E-state index contributed by atoms with van der Waals surface area (Å²) in [5, 5.41) is 11.6. The Morgan fingerprint density at radius 3 is 2.84 bits per heavy atom. The minimum Gasteiger partial charge on any atom is -0.480 e. The maximum absolute atomic E-state index is 11.9. The number of carbonyl (C=O) groups is 2. The van der Waals surface area contributed by atoms with Gasteiger partial charge in [-0.2, -0.15) is 0 Å². The molecular formula is C13H23N3O3. The van der Waals surface area contributed by atoms with Gasteiger partial charge in [-0.05, 0) is 25.4 Å². The maximum Gasteiger partial charge on any atom is 0.323 e. The van der Waals surface area contributed by atoms with Crippen LogP contribution in [0.2, 0.25) is 0 Å². The molecular weight excluding hydrogens is 246 g/mol. The van der Waals surface area contributed by atoms with E-state index in [0.29, 0.717) is 12.5 Å². The van der Waals surface area contributed by atoms with Crippen molar-refractivity contribution in [1.82, 2.24) is 15.1 Å². The van der Waals surface area contributed by atoms with Gasteiger partial charge >= 0.3 is 12.0 Å². The van der Waals surface area contributed by atoms with Crippen LogP contribution in [-0.4, -0.2) is 66.2 Å². The number of aliphatic carboxylic acids is 1. The van der Waals surface area contributed by atoms with Crippen LogP contribution < -0.4 is 5.32 Å². The molecule has 1 aliphatic heterocycles. The van der Waals surface area contributed by atoms with E-state index in [9.17, 15) is 9.59 Å². The number of carbonyl (C=O) groups excluding carboxylic acids is 1. The molecule has 0 aromatic heterocycles. The SMILES string of the molecule is C=CCN(CC(=O)O)C(=O)NCC1CCN(CC)C1. The number of rotatable bonds is 7. The molecule has 2 amide bonds. The van der Waals surface area contributed by atoms with E-state index in [0.717, 1.165) is 26.1 Å². The lowest BCUT2D eigenvalue weighted by Gasteiger charge is -2.21. The molecule has 1 heterocycles. The summed E-state index contributed by atoms with van der Waals surface area (Å²) in [4.78, 5) is 26.1. The van der Waals surface area contributed by atoms with Gasteiger partial charge in [0.2, 0.25) is 0 Å². The third kappa shape index (κ3) is 5.30. The largest absolute Gasteiger partial charge is 0.480 e. The zero-order chi connectivity index (χ0) is 14.3. The number of urea groups is 1. The molecule has 6 heteroatoms. The highest BCUT2D eigenvalue weighted by atomic mass is 16.4. The quantitative estimate of drug-likeness (QED) is 0.664. The molecule has 1 unspecified atom stereocenters. The van der Waals surface area contributed by atoms with Gasteiger partial charge in [0.25, 0.3) is 0 Å². The van der Waals surface area contributed by atoms with Gasteiger partial charge in [0.05, 0.1) is 0 Å². The number of nitrogens with one attached hydrogen (secondary N) is 1. The van der Waals surface area contributed by atoms with Crippen LogP contribution in [0.15, 0.2) is 12.7 Å². The van der Waals surface area contributed by atoms with Crippen LogP contribution in [-0.2, 0) is 4.79 Å². The van der Waals surface area contributed by atoms with Crippen molar-refractivity contribution in [1.29, 1.82) is 0 Å². The van der Waals surface area contributed by atoms with Crippen molar-refractivity contribution in [2.45, 2.75) is 13.3 Å². The molecule has 0 aliphatic carbocycles. The lowest BCUT2D eigenvalue weighted by molar-refractivity contribution is -0.137. The third-order valence-electron chi connectivity index (χ3n) is 3.32. The monoisotopic (exact) mass is 269 g/mol. The van der Waals surface area contributed by atoms with E-state index >= 15 is 0 Å². The highest BCUT2D eigenvalue weighted by Crippen LogP contribution is 2.14. The van der Waals surface area contributed by atoms with Crippen molar-refractivity contribution in [2.24, 2.45) is 5.92 Å². The Hall–Kier alpha value is -1.56. The molecule has 1 rings (SSSR count). The highest BCUT2D eigenvalue weighted by Gasteiger charge is 2.22. The number of carboxylic acids is 1. The summed E-state index contributed by atoms with van der Waals surface area (Å²) in [7, 11) is 0. The van der Waals surface area contributed by atoms with E-state index in [2.05, 4.69) is 23.7 Å². The average Bonchev–Trinajstić information content (AvgIpc) is 2.83. The number of nitrogens with zero attached hydrogens (tertiary/aromatic N) is 2. The Kier molecular flexibility index (Phi) is 6.35. The molecule has 2 N–H and O–H groups in total. The molecule has 1 fully saturated rings. The van der Waals surface area contributed by atoms with E-state index in [1.807, 2.05) is 0 Å². The first-order valence-corrected chi connectivity index (χ1v) is 6.64. The van der Waals surface area contributed by atoms with Crippen LogP contribution in [0.4, 0.5) is 4.79 Å². The second-order valence-electron chi connectivity index (χ2n) is 4.80. The summed E-state index contributed by atoms with van der Waals surface area (Å²) in [6.07, 6.45) is 2.60. The fraction of sp³-hybridized carbons (Fsp3) is 0.692. The summed E-state index contributed by atoms with van der Waals surface area (Å²) in [5.41, 5.74) is 0. The Morgan fingerprint density at radius 2 is 2.32 bits per heavy atom. The Bertz CT molecular complexity index is 333. The van der Waals surface area contributed by atoms with Crippen LogP contribution in [0.25, 0.3) is 0 Å². The van der Waals surface area contributed by atoms with Gasteiger partial charge in [-0.1, -0.05) is 13.0 Å². The van der Waals surface area contributed by atoms with Gasteiger partial charge in [0, 0.05) is 19.6 Å². The molecule has 0 aromatic rings. The van der Waals surface area contributed by atoms with Crippen LogP contribution in [0.3, 0.4) is 0 Å². The molecule has 6 nitrogen and oxygen atoms in total. The molecule has 108 valence electrons. The summed E-state index contributed by atoms with van der Waals surface area (Å²) in [6, 6.07) is -0.336. The summed E-state index contributed by atoms with van der Waals surface area (Å²) < 4.78 is 0. The zero-order valence-corrected chi connectivity index (χ0v) is 11.5. The lowest BCUT2D eigenvalue weighted by atomic mass is 10.1. The summed E-state index contributed by atoms with van der Waals surface area (Å²) >= 11 is 0. The minimum absolute atomic E-state index is 0.240. The molecule has 1 aliphatic rings. The van der Waals surface area contributed by atoms with Crippen molar-refractivity contribution >= 4 is 12.0 Å². The average molecular weight is 269 g/mol. The number of amides is 2. The van der Waals surface area contributed by atoms with E-state index in [-0.39, 0.29) is 19.1 Å². The van der Waals surface area contributed by atoms with Crippen molar-refractivity contribution < 1.29 is 14.7 Å². The molecule has 0 spiro atoms. The number of likely N-dealkylation sites (tertiary alicyclic amines) is 1. The second kappa shape index (κ2) is 7.78. The van der Waals surface area contributed by atoms with Crippen LogP contribution in [0.5, 0.6) is 0 Å². The smallest absolute Gasteiger partial charge is 0.323 e. The Balaban J connectivity index is 2.35. The predicted octanol–water partition coefficient (Wildman–Crippen LogP) is 0.610. The lowest BCUT2D eigenvalue weighted by Crippen LogP contribution is -2.44. The van der Waals surface area contributed by atoms with Crippen LogP contribution in [0.1, 0.15) is 13.3 Å². The predicted molar refractivity (Wildman–Crippen MR) is 73.0 cm³/mol. The van der Waals surface area contributed by atoms with Gasteiger partial charge in [-0.25, -0.2) is 4.79 Å². The molecule has 1 atom stereocenters. The molecule has 0 radical (unpaired) electrons. The molecule has 0 saturated carbocycles. The van der Waals surface area contributed by atoms with E-state index in [1.165, 1.54) is 11.0 Å². The van der Waals surface area contributed by atoms with E-state index < -0.39 is 5.97 Å². The topological polar surface area (TPSA) is 72.9 Å². The number of hydrogen-bond acceptors (Lipinski definition) is 3. The first-order chi connectivity index (χ1) is 9.06. The molecule has 0 aromatic carbocycles. The third-order valence-corrected chi connectivity index (χ3v) is 3.32. The number of carboxylic acid groups (broad SMARTS) is 1. The van der Waals surface area contributed by atoms with Gasteiger partial charge in [0.15, 0.2) is 0 Å². The normalized spacial score (nSPS) is 19.1. The van der Waals surface area contributed by atoms with Crippen molar-refractivity contribution in [3.63, 3.8) is 0 Å². The van der Waals surface area contributed by atoms with Crippen LogP contribution >= 0.6 is 0 Å². The van der Waals surface area contributed by atoms with Gasteiger partial charge in [-0.3, -0.25) is 4.79 Å². The standard InChI is InChI=1S/C13H23N3O3/c1-3-6-16(10-12(17)18)13(19)14-8-11-5-7-15(4-2)9-11/h3,11H,1,4-10H2,2H3,(H,14,19)(H,17,18). The fourth-order valence-corrected chi connectivity index (χ4v) is 2.25. The fourth-order valence-electron chi connectivity index (χ4n) is 2.25. The zero-order valence-electron chi connectivity index (χ0n) is 11.5. The van der Waals surface area contributed by atoms with Gasteiger partial charge in [0.1, 0.15) is 6.54 Å². The number of hydrogen-bond donors (Lipinski definition) is 2. The van der Waals surface area contributed by atoms with E-state index in [1.54, 1.807) is 0 Å². The summed E-state index contributed by atoms with van der Waals surface area (Å²) in [6.45, 7) is 9.29. The van der Waals surface area contributed by atoms with Gasteiger partial charge < -0.3 is 20.2 Å². The van der Waals surface area contributed by atoms with Crippen molar-refractivity contribution in [3.8, 4) is 0 Å². The van der Waals surface area contributed by atoms with E-state index in [4.69, 9.17) is 5.11 Å². The molecule has 19 heavy (non-hydrogen) atoms.